The predicted octanol–water partition coefficient (Wildman–Crippen LogP) is 0.699. The normalized spacial score (nSPS) is 23.4. The van der Waals surface area contributed by atoms with E-state index in [4.69, 9.17) is 9.92 Å². The maximum absolute atomic E-state index is 10.5. The zero-order valence-electron chi connectivity index (χ0n) is 5.32. The molecule has 1 rings (SSSR count). The molecular formula is C6H8NO2S+. The zero-order chi connectivity index (χ0) is 7.40. The summed E-state index contributed by atoms with van der Waals surface area (Å²) in [4.78, 5) is 10.5. The number of amides is 1. The second-order valence-electron chi connectivity index (χ2n) is 1.68. The van der Waals surface area contributed by atoms with Crippen molar-refractivity contribution >= 4 is 16.4 Å². The summed E-state index contributed by atoms with van der Waals surface area (Å²) in [5.41, 5.74) is 5.02. The molecule has 2 N–H and O–H groups in total. The molecule has 1 aliphatic heterocycles. The summed E-state index contributed by atoms with van der Waals surface area (Å²) in [5.74, 6) is 0.586. The second-order valence-corrected chi connectivity index (χ2v) is 3.30. The number of hydrogen-bond acceptors (Lipinski definition) is 2. The minimum atomic E-state index is -0.748. The van der Waals surface area contributed by atoms with Gasteiger partial charge in [0.15, 0.2) is 12.0 Å². The second kappa shape index (κ2) is 3.31. The zero-order valence-corrected chi connectivity index (χ0v) is 6.14. The summed E-state index contributed by atoms with van der Waals surface area (Å²) in [6.07, 6.45) is 6.90. The summed E-state index contributed by atoms with van der Waals surface area (Å²) in [6.45, 7) is 0. The average molecular weight is 158 g/mol. The van der Waals surface area contributed by atoms with Gasteiger partial charge in [-0.05, 0) is 12.2 Å². The van der Waals surface area contributed by atoms with Crippen LogP contribution in [0.1, 0.15) is 0 Å². The Morgan fingerprint density at radius 2 is 2.40 bits per heavy atom. The molecular weight excluding hydrogens is 150 g/mol. The van der Waals surface area contributed by atoms with E-state index in [1.54, 1.807) is 6.08 Å². The van der Waals surface area contributed by atoms with Crippen LogP contribution >= 0.6 is 0 Å². The van der Waals surface area contributed by atoms with E-state index in [1.807, 2.05) is 12.2 Å². The molecule has 0 saturated heterocycles. The molecule has 0 aromatic rings. The highest BCUT2D eigenvalue weighted by atomic mass is 32.2. The molecule has 0 spiro atoms. The van der Waals surface area contributed by atoms with Crippen LogP contribution in [0.25, 0.3) is 0 Å². The number of rotatable bonds is 0. The first-order valence-electron chi connectivity index (χ1n) is 2.80. The Hall–Kier alpha value is -0.900. The van der Waals surface area contributed by atoms with Crippen molar-refractivity contribution in [2.45, 2.75) is 0 Å². The van der Waals surface area contributed by atoms with Crippen LogP contribution in [0.15, 0.2) is 24.5 Å². The van der Waals surface area contributed by atoms with Crippen LogP contribution in [-0.2, 0) is 15.4 Å². The fraction of sp³-hybridized carbons (Fsp3) is 0.167. The van der Waals surface area contributed by atoms with Crippen molar-refractivity contribution in [2.75, 3.05) is 5.75 Å². The number of carbonyl (C=O) groups is 1. The molecule has 0 aromatic heterocycles. The lowest BCUT2D eigenvalue weighted by atomic mass is 10.5. The molecule has 1 heterocycles. The summed E-state index contributed by atoms with van der Waals surface area (Å²) >= 11 is -0.748. The minimum absolute atomic E-state index is 0.392. The fourth-order valence-electron chi connectivity index (χ4n) is 0.535. The maximum Gasteiger partial charge on any atom is 0.471 e. The van der Waals surface area contributed by atoms with Gasteiger partial charge in [0.1, 0.15) is 0 Å². The molecule has 4 heteroatoms. The van der Waals surface area contributed by atoms with Crippen molar-refractivity contribution in [1.29, 1.82) is 0 Å². The van der Waals surface area contributed by atoms with Gasteiger partial charge < -0.3 is 5.73 Å². The molecule has 0 fully saturated rings. The van der Waals surface area contributed by atoms with E-state index in [9.17, 15) is 4.79 Å². The lowest BCUT2D eigenvalue weighted by Crippen LogP contribution is -2.24. The summed E-state index contributed by atoms with van der Waals surface area (Å²) in [6, 6.07) is 0. The van der Waals surface area contributed by atoms with Crippen LogP contribution < -0.4 is 5.73 Å². The molecule has 10 heavy (non-hydrogen) atoms. The number of primary amides is 1. The van der Waals surface area contributed by atoms with Crippen LogP contribution in [0.3, 0.4) is 0 Å². The number of allylic oxidation sites excluding steroid dienone is 2. The van der Waals surface area contributed by atoms with Crippen LogP contribution in [0.5, 0.6) is 0 Å². The van der Waals surface area contributed by atoms with Gasteiger partial charge in [-0.3, -0.25) is 4.18 Å². The molecule has 0 aliphatic carbocycles. The quantitative estimate of drug-likeness (QED) is 0.527. The first-order valence-corrected chi connectivity index (χ1v) is 4.12. The SMILES string of the molecule is NC(=O)[S+]1CC=CC=CO1. The van der Waals surface area contributed by atoms with Crippen LogP contribution in [0.4, 0.5) is 4.79 Å². The van der Waals surface area contributed by atoms with E-state index in [-0.39, 0.29) is 0 Å². The molecule has 1 unspecified atom stereocenters. The third-order valence-corrected chi connectivity index (χ3v) is 2.26. The lowest BCUT2D eigenvalue weighted by Gasteiger charge is -1.93. The van der Waals surface area contributed by atoms with Gasteiger partial charge in [-0.1, -0.05) is 6.08 Å². The Morgan fingerprint density at radius 3 is 3.10 bits per heavy atom. The van der Waals surface area contributed by atoms with Gasteiger partial charge in [-0.15, -0.1) is 0 Å². The van der Waals surface area contributed by atoms with E-state index in [0.29, 0.717) is 5.75 Å². The van der Waals surface area contributed by atoms with Gasteiger partial charge in [0.05, 0.1) is 0 Å². The molecule has 1 atom stereocenters. The van der Waals surface area contributed by atoms with Crippen molar-refractivity contribution < 1.29 is 8.98 Å². The van der Waals surface area contributed by atoms with E-state index < -0.39 is 16.4 Å². The number of hydrogen-bond donors (Lipinski definition) is 1. The smallest absolute Gasteiger partial charge is 0.321 e. The van der Waals surface area contributed by atoms with E-state index >= 15 is 0 Å². The van der Waals surface area contributed by atoms with Crippen LogP contribution in [0.2, 0.25) is 0 Å². The van der Waals surface area contributed by atoms with Crippen molar-refractivity contribution in [2.24, 2.45) is 5.73 Å². The van der Waals surface area contributed by atoms with E-state index in [1.165, 1.54) is 6.26 Å². The van der Waals surface area contributed by atoms with E-state index in [0.717, 1.165) is 0 Å². The maximum atomic E-state index is 10.5. The third kappa shape index (κ3) is 1.80. The lowest BCUT2D eigenvalue weighted by molar-refractivity contribution is 0.265. The van der Waals surface area contributed by atoms with E-state index in [2.05, 4.69) is 0 Å². The summed E-state index contributed by atoms with van der Waals surface area (Å²) < 4.78 is 4.97. The highest BCUT2D eigenvalue weighted by molar-refractivity contribution is 8.07. The largest absolute Gasteiger partial charge is 0.471 e. The summed E-state index contributed by atoms with van der Waals surface area (Å²) in [7, 11) is 0. The van der Waals surface area contributed by atoms with Gasteiger partial charge in [-0.25, -0.2) is 4.79 Å². The highest BCUT2D eigenvalue weighted by Crippen LogP contribution is 2.04. The van der Waals surface area contributed by atoms with Gasteiger partial charge in [0.25, 0.3) is 11.2 Å². The van der Waals surface area contributed by atoms with Crippen molar-refractivity contribution in [1.82, 2.24) is 0 Å². The highest BCUT2D eigenvalue weighted by Gasteiger charge is 2.27. The topological polar surface area (TPSA) is 52.3 Å². The standard InChI is InChI=1S/C6H7NO2S/c7-6(8)10-5-3-1-2-4-9-10/h1-4H,5H2,(H-,7,8)/p+1. The monoisotopic (exact) mass is 158 g/mol. The molecule has 0 radical (unpaired) electrons. The number of carbonyl (C=O) groups excluding carboxylic acids is 1. The third-order valence-electron chi connectivity index (χ3n) is 0.969. The van der Waals surface area contributed by atoms with Gasteiger partial charge in [0.2, 0.25) is 0 Å². The Bertz CT molecular complexity index is 174. The minimum Gasteiger partial charge on any atom is -0.321 e. The molecule has 3 nitrogen and oxygen atoms in total. The molecule has 1 amide bonds. The average Bonchev–Trinajstić information content (AvgIpc) is 2.12. The first kappa shape index (κ1) is 7.21. The van der Waals surface area contributed by atoms with Crippen LogP contribution in [0, 0.1) is 0 Å². The van der Waals surface area contributed by atoms with Gasteiger partial charge in [0, 0.05) is 0 Å². The first-order chi connectivity index (χ1) is 4.80. The Labute approximate surface area is 62.1 Å². The molecule has 0 bridgehead atoms. The fourth-order valence-corrected chi connectivity index (χ4v) is 1.36. The van der Waals surface area contributed by atoms with Crippen molar-refractivity contribution in [3.05, 3.63) is 24.5 Å². The van der Waals surface area contributed by atoms with Crippen molar-refractivity contribution in [3.63, 3.8) is 0 Å². The number of nitrogens with two attached hydrogens (primary N) is 1. The Kier molecular flexibility index (Phi) is 2.39. The molecule has 1 aliphatic rings. The Balaban J connectivity index is 2.55. The molecule has 0 aromatic carbocycles. The van der Waals surface area contributed by atoms with Gasteiger partial charge in [-0.2, -0.15) is 0 Å². The predicted molar refractivity (Wildman–Crippen MR) is 41.2 cm³/mol. The summed E-state index contributed by atoms with van der Waals surface area (Å²) in [5, 5.41) is -0.392. The van der Waals surface area contributed by atoms with Gasteiger partial charge >= 0.3 is 5.24 Å². The molecule has 0 saturated carbocycles. The molecule has 54 valence electrons. The van der Waals surface area contributed by atoms with Crippen LogP contribution in [-0.4, -0.2) is 11.0 Å². The van der Waals surface area contributed by atoms with Crippen molar-refractivity contribution in [3.8, 4) is 0 Å². The Morgan fingerprint density at radius 1 is 1.60 bits per heavy atom.